The minimum absolute atomic E-state index is 0.00859. The number of nitrogens with zero attached hydrogens (tertiary/aromatic N) is 2. The molecule has 0 atom stereocenters. The molecule has 2 aromatic carbocycles. The topological polar surface area (TPSA) is 129 Å². The van der Waals surface area contributed by atoms with Crippen molar-refractivity contribution in [1.82, 2.24) is 9.78 Å². The molecule has 1 aromatic heterocycles. The molecule has 0 amide bonds. The van der Waals surface area contributed by atoms with Crippen LogP contribution >= 0.6 is 0 Å². The highest BCUT2D eigenvalue weighted by Crippen LogP contribution is 2.43. The van der Waals surface area contributed by atoms with Crippen molar-refractivity contribution < 1.29 is 32.5 Å². The first-order chi connectivity index (χ1) is 17.1. The number of carboxylic acid groups (broad SMARTS) is 1. The Morgan fingerprint density at radius 2 is 1.86 bits per heavy atom. The van der Waals surface area contributed by atoms with Crippen molar-refractivity contribution in [2.24, 2.45) is 13.0 Å². The number of carbonyl (C=O) groups is 1. The number of anilines is 1. The molecular weight excluding hydrogens is 486 g/mol. The third-order valence-corrected chi connectivity index (χ3v) is 7.84. The monoisotopic (exact) mass is 513 g/mol. The Hall–Kier alpha value is -3.73. The second-order valence-corrected chi connectivity index (χ2v) is 11.2. The molecule has 36 heavy (non-hydrogen) atoms. The third-order valence-electron chi connectivity index (χ3n) is 6.48. The Bertz CT molecular complexity index is 1420. The number of carboxylic acids is 1. The van der Waals surface area contributed by atoms with Gasteiger partial charge in [-0.05, 0) is 68.0 Å². The van der Waals surface area contributed by atoms with Crippen molar-refractivity contribution in [3.63, 3.8) is 0 Å². The summed E-state index contributed by atoms with van der Waals surface area (Å²) in [6, 6.07) is 11.1. The van der Waals surface area contributed by atoms with E-state index in [4.69, 9.17) is 14.2 Å². The van der Waals surface area contributed by atoms with Crippen LogP contribution in [0.25, 0.3) is 11.1 Å². The zero-order chi connectivity index (χ0) is 25.7. The number of ether oxygens (including phenoxy) is 3. The first-order valence-electron chi connectivity index (χ1n) is 11.5. The van der Waals surface area contributed by atoms with E-state index in [-0.39, 0.29) is 17.5 Å². The summed E-state index contributed by atoms with van der Waals surface area (Å²) in [7, 11) is -2.40. The normalized spacial score (nSPS) is 15.1. The number of benzene rings is 2. The zero-order valence-electron chi connectivity index (χ0n) is 20.1. The van der Waals surface area contributed by atoms with Crippen molar-refractivity contribution in [2.75, 3.05) is 18.1 Å². The van der Waals surface area contributed by atoms with E-state index in [0.717, 1.165) is 12.8 Å². The SMILES string of the molecule is Cn1nc(OCC2CC2)c(-c2ccc3c(c2)OCO3)c1NS(=O)(=O)c1ccc(C(C)(C)C(=O)O)cc1. The van der Waals surface area contributed by atoms with Gasteiger partial charge >= 0.3 is 5.97 Å². The van der Waals surface area contributed by atoms with E-state index in [1.165, 1.54) is 28.9 Å². The molecule has 2 aliphatic rings. The summed E-state index contributed by atoms with van der Waals surface area (Å²) in [5, 5.41) is 13.9. The Balaban J connectivity index is 1.51. The fourth-order valence-corrected chi connectivity index (χ4v) is 4.97. The van der Waals surface area contributed by atoms with Crippen LogP contribution in [0.2, 0.25) is 0 Å². The predicted molar refractivity (Wildman–Crippen MR) is 131 cm³/mol. The maximum absolute atomic E-state index is 13.4. The van der Waals surface area contributed by atoms with Gasteiger partial charge < -0.3 is 19.3 Å². The van der Waals surface area contributed by atoms with Crippen LogP contribution in [0, 0.1) is 5.92 Å². The number of rotatable bonds is 9. The van der Waals surface area contributed by atoms with E-state index in [1.807, 2.05) is 0 Å². The lowest BCUT2D eigenvalue weighted by Gasteiger charge is -2.20. The van der Waals surface area contributed by atoms with Gasteiger partial charge in [0.15, 0.2) is 11.5 Å². The molecule has 0 saturated heterocycles. The average molecular weight is 514 g/mol. The minimum atomic E-state index is -4.04. The highest BCUT2D eigenvalue weighted by molar-refractivity contribution is 7.92. The van der Waals surface area contributed by atoms with Gasteiger partial charge in [0.25, 0.3) is 10.0 Å². The summed E-state index contributed by atoms with van der Waals surface area (Å²) in [5.74, 6) is 1.18. The molecule has 11 heteroatoms. The smallest absolute Gasteiger partial charge is 0.313 e. The van der Waals surface area contributed by atoms with Gasteiger partial charge in [0.05, 0.1) is 22.5 Å². The quantitative estimate of drug-likeness (QED) is 0.442. The summed E-state index contributed by atoms with van der Waals surface area (Å²) in [5.41, 5.74) is 0.488. The maximum Gasteiger partial charge on any atom is 0.313 e. The van der Waals surface area contributed by atoms with Crippen molar-refractivity contribution in [1.29, 1.82) is 0 Å². The van der Waals surface area contributed by atoms with E-state index in [0.29, 0.717) is 46.6 Å². The Labute approximate surface area is 208 Å². The number of fused-ring (bicyclic) bond motifs is 1. The number of nitrogens with one attached hydrogen (secondary N) is 1. The Morgan fingerprint density at radius 1 is 1.17 bits per heavy atom. The van der Waals surface area contributed by atoms with Gasteiger partial charge in [-0.2, -0.15) is 0 Å². The number of hydrogen-bond acceptors (Lipinski definition) is 7. The molecule has 3 aromatic rings. The van der Waals surface area contributed by atoms with Crippen molar-refractivity contribution in [3.05, 3.63) is 48.0 Å². The van der Waals surface area contributed by atoms with E-state index >= 15 is 0 Å². The van der Waals surface area contributed by atoms with E-state index in [2.05, 4.69) is 9.82 Å². The second-order valence-electron chi connectivity index (χ2n) is 9.53. The van der Waals surface area contributed by atoms with Crippen molar-refractivity contribution in [2.45, 2.75) is 37.0 Å². The van der Waals surface area contributed by atoms with Crippen molar-refractivity contribution >= 4 is 21.8 Å². The van der Waals surface area contributed by atoms with E-state index < -0.39 is 21.4 Å². The second kappa shape index (κ2) is 8.74. The number of aromatic nitrogens is 2. The molecule has 1 saturated carbocycles. The molecule has 2 heterocycles. The molecule has 1 aliphatic heterocycles. The minimum Gasteiger partial charge on any atom is -0.481 e. The molecule has 0 unspecified atom stereocenters. The van der Waals surface area contributed by atoms with Crippen LogP contribution < -0.4 is 18.9 Å². The molecule has 5 rings (SSSR count). The largest absolute Gasteiger partial charge is 0.481 e. The average Bonchev–Trinajstić information content (AvgIpc) is 3.47. The summed E-state index contributed by atoms with van der Waals surface area (Å²) < 4.78 is 47.7. The summed E-state index contributed by atoms with van der Waals surface area (Å²) >= 11 is 0. The van der Waals surface area contributed by atoms with Crippen LogP contribution in [0.1, 0.15) is 32.3 Å². The number of hydrogen-bond donors (Lipinski definition) is 2. The number of aryl methyl sites for hydroxylation is 1. The molecule has 0 radical (unpaired) electrons. The lowest BCUT2D eigenvalue weighted by Crippen LogP contribution is -2.28. The van der Waals surface area contributed by atoms with Crippen molar-refractivity contribution in [3.8, 4) is 28.5 Å². The van der Waals surface area contributed by atoms with Gasteiger partial charge in [-0.1, -0.05) is 18.2 Å². The summed E-state index contributed by atoms with van der Waals surface area (Å²) in [4.78, 5) is 11.5. The first kappa shape index (κ1) is 24.0. The van der Waals surface area contributed by atoms with Crippen LogP contribution in [0.4, 0.5) is 5.82 Å². The molecule has 2 N–H and O–H groups in total. The highest BCUT2D eigenvalue weighted by Gasteiger charge is 2.31. The zero-order valence-corrected chi connectivity index (χ0v) is 21.0. The summed E-state index contributed by atoms with van der Waals surface area (Å²) in [6.45, 7) is 3.74. The summed E-state index contributed by atoms with van der Waals surface area (Å²) in [6.07, 6.45) is 2.20. The first-order valence-corrected chi connectivity index (χ1v) is 13.0. The molecule has 0 bridgehead atoms. The van der Waals surface area contributed by atoms with Gasteiger partial charge in [0, 0.05) is 7.05 Å². The van der Waals surface area contributed by atoms with Crippen LogP contribution in [-0.2, 0) is 27.3 Å². The lowest BCUT2D eigenvalue weighted by molar-refractivity contribution is -0.142. The van der Waals surface area contributed by atoms with Gasteiger partial charge in [-0.25, -0.2) is 13.1 Å². The molecule has 190 valence electrons. The van der Waals surface area contributed by atoms with Gasteiger partial charge in [0.1, 0.15) is 5.82 Å². The molecular formula is C25H27N3O7S. The predicted octanol–water partition coefficient (Wildman–Crippen LogP) is 3.77. The fraction of sp³-hybridized carbons (Fsp3) is 0.360. The Kier molecular flexibility index (Phi) is 5.82. The maximum atomic E-state index is 13.4. The third kappa shape index (κ3) is 4.46. The van der Waals surface area contributed by atoms with Crippen LogP contribution in [-0.4, -0.2) is 42.7 Å². The van der Waals surface area contributed by atoms with Crippen LogP contribution in [0.15, 0.2) is 47.4 Å². The molecule has 10 nitrogen and oxygen atoms in total. The highest BCUT2D eigenvalue weighted by atomic mass is 32.2. The standard InChI is InChI=1S/C25H27N3O7S/c1-25(2,24(29)30)17-7-9-18(10-8-17)36(31,32)27-22-21(16-6-11-19-20(12-16)35-14-34-19)23(26-28(22)3)33-13-15-4-5-15/h6-12,15,27H,4-5,13-14H2,1-3H3,(H,29,30). The number of sulfonamides is 1. The van der Waals surface area contributed by atoms with E-state index in [1.54, 1.807) is 39.1 Å². The fourth-order valence-electron chi connectivity index (χ4n) is 3.87. The van der Waals surface area contributed by atoms with Gasteiger partial charge in [-0.3, -0.25) is 9.52 Å². The van der Waals surface area contributed by atoms with Crippen LogP contribution in [0.5, 0.6) is 17.4 Å². The van der Waals surface area contributed by atoms with Crippen LogP contribution in [0.3, 0.4) is 0 Å². The van der Waals surface area contributed by atoms with E-state index in [9.17, 15) is 18.3 Å². The molecule has 1 aliphatic carbocycles. The number of aliphatic carboxylic acids is 1. The Morgan fingerprint density at radius 3 is 2.53 bits per heavy atom. The molecule has 1 fully saturated rings. The van der Waals surface area contributed by atoms with Gasteiger partial charge in [-0.15, -0.1) is 5.10 Å². The lowest BCUT2D eigenvalue weighted by atomic mass is 9.85. The van der Waals surface area contributed by atoms with Gasteiger partial charge in [0.2, 0.25) is 12.7 Å². The molecule has 0 spiro atoms.